The van der Waals surface area contributed by atoms with Crippen LogP contribution >= 0.6 is 0 Å². The quantitative estimate of drug-likeness (QED) is 0.753. The zero-order chi connectivity index (χ0) is 17.1. The van der Waals surface area contributed by atoms with E-state index in [9.17, 15) is 0 Å². The molecule has 5 heteroatoms. The molecule has 1 saturated heterocycles. The lowest BCUT2D eigenvalue weighted by Gasteiger charge is -2.16. The number of aromatic nitrogens is 3. The summed E-state index contributed by atoms with van der Waals surface area (Å²) in [5.41, 5.74) is 10.5. The lowest BCUT2D eigenvalue weighted by molar-refractivity contribution is 0.313. The Kier molecular flexibility index (Phi) is 4.59. The van der Waals surface area contributed by atoms with Crippen molar-refractivity contribution < 1.29 is 0 Å². The summed E-state index contributed by atoms with van der Waals surface area (Å²) in [6.07, 6.45) is 3.61. The van der Waals surface area contributed by atoms with Crippen LogP contribution in [0, 0.1) is 5.92 Å². The van der Waals surface area contributed by atoms with Gasteiger partial charge < -0.3 is 5.73 Å². The molecule has 25 heavy (non-hydrogen) atoms. The lowest BCUT2D eigenvalue weighted by atomic mass is 9.89. The molecule has 0 saturated carbocycles. The molecule has 4 rings (SSSR count). The first-order chi connectivity index (χ1) is 12.3. The Balaban J connectivity index is 1.46. The molecular formula is C20H23N5. The molecule has 3 aromatic rings. The highest BCUT2D eigenvalue weighted by molar-refractivity contribution is 5.57. The standard InChI is InChI=1S/C20H23N5/c21-10-17-12-25(14-19(17)15-5-2-1-3-6-15)13-18-9-20(24-23-18)16-7-4-8-22-11-16/h1-9,11,17,19H,10,12-14,21H2,(H,23,24)/t17-,19+/m1/s1. The number of nitrogens with zero attached hydrogens (tertiary/aromatic N) is 3. The van der Waals surface area contributed by atoms with E-state index in [2.05, 4.69) is 56.5 Å². The van der Waals surface area contributed by atoms with Crippen molar-refractivity contribution >= 4 is 0 Å². The molecule has 0 bridgehead atoms. The molecule has 0 unspecified atom stereocenters. The van der Waals surface area contributed by atoms with Crippen molar-refractivity contribution in [3.63, 3.8) is 0 Å². The number of pyridine rings is 1. The second-order valence-corrected chi connectivity index (χ2v) is 6.73. The van der Waals surface area contributed by atoms with E-state index in [4.69, 9.17) is 5.73 Å². The molecular weight excluding hydrogens is 310 g/mol. The third-order valence-electron chi connectivity index (χ3n) is 5.03. The smallest absolute Gasteiger partial charge is 0.0939 e. The SMILES string of the molecule is NC[C@@H]1CN(Cc2cc(-c3cccnc3)n[nH]2)C[C@H]1c1ccccc1. The minimum absolute atomic E-state index is 0.503. The van der Waals surface area contributed by atoms with Gasteiger partial charge >= 0.3 is 0 Å². The fraction of sp³-hybridized carbons (Fsp3) is 0.300. The maximum absolute atomic E-state index is 6.04. The Hall–Kier alpha value is -2.50. The van der Waals surface area contributed by atoms with Crippen molar-refractivity contribution in [3.8, 4) is 11.3 Å². The maximum Gasteiger partial charge on any atom is 0.0939 e. The average Bonchev–Trinajstić information content (AvgIpc) is 3.30. The fourth-order valence-electron chi connectivity index (χ4n) is 3.75. The highest BCUT2D eigenvalue weighted by Gasteiger charge is 2.32. The van der Waals surface area contributed by atoms with Crippen molar-refractivity contribution in [2.75, 3.05) is 19.6 Å². The Labute approximate surface area is 147 Å². The number of hydrogen-bond donors (Lipinski definition) is 2. The second-order valence-electron chi connectivity index (χ2n) is 6.73. The number of rotatable bonds is 5. The van der Waals surface area contributed by atoms with Crippen LogP contribution in [0.15, 0.2) is 60.9 Å². The van der Waals surface area contributed by atoms with E-state index in [1.807, 2.05) is 18.3 Å². The third kappa shape index (κ3) is 3.48. The van der Waals surface area contributed by atoms with E-state index in [0.29, 0.717) is 11.8 Å². The van der Waals surface area contributed by atoms with Crippen molar-refractivity contribution in [3.05, 3.63) is 72.2 Å². The molecule has 0 amide bonds. The van der Waals surface area contributed by atoms with Crippen LogP contribution in [0.4, 0.5) is 0 Å². The minimum Gasteiger partial charge on any atom is -0.330 e. The summed E-state index contributed by atoms with van der Waals surface area (Å²) in [6, 6.07) is 16.8. The predicted octanol–water partition coefficient (Wildman–Crippen LogP) is 2.65. The predicted molar refractivity (Wildman–Crippen MR) is 98.8 cm³/mol. The number of likely N-dealkylation sites (tertiary alicyclic amines) is 1. The summed E-state index contributed by atoms with van der Waals surface area (Å²) in [5, 5.41) is 7.60. The lowest BCUT2D eigenvalue weighted by Crippen LogP contribution is -2.23. The first-order valence-electron chi connectivity index (χ1n) is 8.75. The molecule has 3 N–H and O–H groups in total. The van der Waals surface area contributed by atoms with E-state index in [1.54, 1.807) is 6.20 Å². The van der Waals surface area contributed by atoms with Gasteiger partial charge in [0.15, 0.2) is 0 Å². The van der Waals surface area contributed by atoms with Crippen LogP contribution in [0.3, 0.4) is 0 Å². The largest absolute Gasteiger partial charge is 0.330 e. The van der Waals surface area contributed by atoms with Gasteiger partial charge in [-0.2, -0.15) is 5.10 Å². The Morgan fingerprint density at radius 3 is 2.76 bits per heavy atom. The van der Waals surface area contributed by atoms with Gasteiger partial charge in [-0.1, -0.05) is 30.3 Å². The molecule has 2 atom stereocenters. The summed E-state index contributed by atoms with van der Waals surface area (Å²) in [7, 11) is 0. The van der Waals surface area contributed by atoms with Crippen LogP contribution in [-0.2, 0) is 6.54 Å². The molecule has 1 aliphatic rings. The number of benzene rings is 1. The summed E-state index contributed by atoms with van der Waals surface area (Å²) in [5.74, 6) is 1.01. The summed E-state index contributed by atoms with van der Waals surface area (Å²) in [6.45, 7) is 3.65. The van der Waals surface area contributed by atoms with Gasteiger partial charge in [0.2, 0.25) is 0 Å². The Morgan fingerprint density at radius 1 is 1.12 bits per heavy atom. The molecule has 1 fully saturated rings. The highest BCUT2D eigenvalue weighted by atomic mass is 15.2. The van der Waals surface area contributed by atoms with Gasteiger partial charge in [0.1, 0.15) is 0 Å². The van der Waals surface area contributed by atoms with Gasteiger partial charge in [0.05, 0.1) is 5.69 Å². The van der Waals surface area contributed by atoms with E-state index >= 15 is 0 Å². The van der Waals surface area contributed by atoms with Gasteiger partial charge in [-0.05, 0) is 36.2 Å². The van der Waals surface area contributed by atoms with Crippen LogP contribution < -0.4 is 5.73 Å². The molecule has 3 heterocycles. The summed E-state index contributed by atoms with van der Waals surface area (Å²) >= 11 is 0. The van der Waals surface area contributed by atoms with Crippen LogP contribution in [0.5, 0.6) is 0 Å². The normalized spacial score (nSPS) is 20.8. The molecule has 2 aromatic heterocycles. The molecule has 0 radical (unpaired) electrons. The second kappa shape index (κ2) is 7.17. The topological polar surface area (TPSA) is 70.8 Å². The Morgan fingerprint density at radius 2 is 2.00 bits per heavy atom. The molecule has 0 aliphatic carbocycles. The van der Waals surface area contributed by atoms with Crippen molar-refractivity contribution in [1.29, 1.82) is 0 Å². The highest BCUT2D eigenvalue weighted by Crippen LogP contribution is 2.32. The molecule has 1 aromatic carbocycles. The first kappa shape index (κ1) is 16.0. The first-order valence-corrected chi connectivity index (χ1v) is 8.75. The van der Waals surface area contributed by atoms with Crippen LogP contribution in [0.1, 0.15) is 17.2 Å². The number of nitrogens with one attached hydrogen (secondary N) is 1. The molecule has 128 valence electrons. The molecule has 1 aliphatic heterocycles. The van der Waals surface area contributed by atoms with E-state index < -0.39 is 0 Å². The van der Waals surface area contributed by atoms with Crippen molar-refractivity contribution in [2.45, 2.75) is 12.5 Å². The Bertz CT molecular complexity index is 799. The van der Waals surface area contributed by atoms with E-state index in [1.165, 1.54) is 5.56 Å². The van der Waals surface area contributed by atoms with Gasteiger partial charge in [-0.15, -0.1) is 0 Å². The van der Waals surface area contributed by atoms with Crippen molar-refractivity contribution in [2.24, 2.45) is 11.7 Å². The van der Waals surface area contributed by atoms with Crippen molar-refractivity contribution in [1.82, 2.24) is 20.1 Å². The van der Waals surface area contributed by atoms with Gasteiger partial charge in [0.25, 0.3) is 0 Å². The van der Waals surface area contributed by atoms with E-state index in [0.717, 1.165) is 43.1 Å². The third-order valence-corrected chi connectivity index (χ3v) is 5.03. The number of H-pyrrole nitrogens is 1. The molecule has 0 spiro atoms. The molecule has 5 nitrogen and oxygen atoms in total. The van der Waals surface area contributed by atoms with Crippen LogP contribution in [0.2, 0.25) is 0 Å². The summed E-state index contributed by atoms with van der Waals surface area (Å²) in [4.78, 5) is 6.63. The van der Waals surface area contributed by atoms with Gasteiger partial charge in [-0.25, -0.2) is 0 Å². The van der Waals surface area contributed by atoms with Gasteiger partial charge in [-0.3, -0.25) is 15.0 Å². The summed E-state index contributed by atoms with van der Waals surface area (Å²) < 4.78 is 0. The zero-order valence-corrected chi connectivity index (χ0v) is 14.2. The number of nitrogens with two attached hydrogens (primary N) is 1. The van der Waals surface area contributed by atoms with E-state index in [-0.39, 0.29) is 0 Å². The van der Waals surface area contributed by atoms with Crippen LogP contribution in [-0.4, -0.2) is 39.7 Å². The number of aromatic amines is 1. The zero-order valence-electron chi connectivity index (χ0n) is 14.2. The minimum atomic E-state index is 0.503. The maximum atomic E-state index is 6.04. The van der Waals surface area contributed by atoms with Crippen LogP contribution in [0.25, 0.3) is 11.3 Å². The average molecular weight is 333 g/mol. The monoisotopic (exact) mass is 333 g/mol. The van der Waals surface area contributed by atoms with Gasteiger partial charge in [0, 0.05) is 49.2 Å². The fourth-order valence-corrected chi connectivity index (χ4v) is 3.75. The number of hydrogen-bond acceptors (Lipinski definition) is 4.